The average molecular weight is 452 g/mol. The van der Waals surface area contributed by atoms with Gasteiger partial charge in [-0.05, 0) is 29.8 Å². The predicted molar refractivity (Wildman–Crippen MR) is 134 cm³/mol. The number of benzene rings is 2. The van der Waals surface area contributed by atoms with E-state index in [2.05, 4.69) is 28.2 Å². The highest BCUT2D eigenvalue weighted by Crippen LogP contribution is 2.48. The maximum Gasteiger partial charge on any atom is 0.259 e. The van der Waals surface area contributed by atoms with E-state index in [1.54, 1.807) is 0 Å². The normalized spacial score (nSPS) is 17.2. The number of imide groups is 1. The van der Waals surface area contributed by atoms with Crippen molar-refractivity contribution < 1.29 is 9.59 Å². The molecule has 7 heteroatoms. The lowest BCUT2D eigenvalue weighted by Crippen LogP contribution is -2.33. The van der Waals surface area contributed by atoms with Crippen LogP contribution in [0.15, 0.2) is 66.0 Å². The third-order valence-corrected chi connectivity index (χ3v) is 6.89. The molecule has 0 unspecified atom stereocenters. The second kappa shape index (κ2) is 7.18. The van der Waals surface area contributed by atoms with E-state index in [9.17, 15) is 9.59 Å². The number of fused-ring (bicyclic) bond motifs is 1. The molecular formula is C27H25N5O2. The zero-order chi connectivity index (χ0) is 23.7. The number of carbonyl (C=O) groups excluding carboxylic acids is 2. The van der Waals surface area contributed by atoms with Crippen LogP contribution >= 0.6 is 0 Å². The minimum Gasteiger partial charge on any atom is -0.362 e. The van der Waals surface area contributed by atoms with Crippen molar-refractivity contribution in [2.75, 3.05) is 30.9 Å². The zero-order valence-electron chi connectivity index (χ0n) is 19.6. The highest BCUT2D eigenvalue weighted by atomic mass is 16.2. The minimum absolute atomic E-state index is 0.241. The molecule has 2 aliphatic heterocycles. The Morgan fingerprint density at radius 2 is 1.91 bits per heavy atom. The second-order valence-corrected chi connectivity index (χ2v) is 9.24. The Kier molecular flexibility index (Phi) is 4.33. The fraction of sp³-hybridized carbons (Fsp3) is 0.222. The average Bonchev–Trinajstić information content (AvgIpc) is 3.27. The number of aryl methyl sites for hydroxylation is 1. The molecule has 4 heterocycles. The molecule has 0 bridgehead atoms. The first-order chi connectivity index (χ1) is 16.3. The van der Waals surface area contributed by atoms with Crippen LogP contribution in [0.25, 0.3) is 21.8 Å². The van der Waals surface area contributed by atoms with Gasteiger partial charge in [-0.15, -0.1) is 0 Å². The van der Waals surface area contributed by atoms with E-state index in [1.807, 2.05) is 62.4 Å². The number of pyridine rings is 1. The third kappa shape index (κ3) is 2.79. The highest BCUT2D eigenvalue weighted by Gasteiger charge is 2.42. The largest absolute Gasteiger partial charge is 0.362 e. The van der Waals surface area contributed by atoms with Crippen LogP contribution < -0.4 is 10.2 Å². The Morgan fingerprint density at radius 3 is 2.68 bits per heavy atom. The molecule has 34 heavy (non-hydrogen) atoms. The van der Waals surface area contributed by atoms with E-state index in [1.165, 1.54) is 11.8 Å². The predicted octanol–water partition coefficient (Wildman–Crippen LogP) is 3.99. The summed E-state index contributed by atoms with van der Waals surface area (Å²) in [6.45, 7) is 1.68. The molecule has 1 N–H and O–H groups in total. The fourth-order valence-electron chi connectivity index (χ4n) is 5.39. The number of hydrogen-bond donors (Lipinski definition) is 1. The molecule has 0 aliphatic carbocycles. The van der Waals surface area contributed by atoms with Crippen molar-refractivity contribution in [3.63, 3.8) is 0 Å². The molecule has 2 aromatic heterocycles. The standard InChI is InChI=1S/C27H25N5O2/c1-15(33)32-14-21-25(27(32)34)23(18-13-31(4)22-11-7-10-20(28-21)24(18)22)17-12-16-8-5-6-9-19(16)29-26(17)30(2)3/h5-13,23,28H,14H2,1-4H3/t23-/m1/s1. The van der Waals surface area contributed by atoms with Gasteiger partial charge in [-0.2, -0.15) is 0 Å². The van der Waals surface area contributed by atoms with Crippen LogP contribution in [0.1, 0.15) is 24.0 Å². The second-order valence-electron chi connectivity index (χ2n) is 9.24. The number of nitrogens with zero attached hydrogens (tertiary/aromatic N) is 4. The van der Waals surface area contributed by atoms with E-state index in [4.69, 9.17) is 4.98 Å². The molecule has 0 saturated heterocycles. The van der Waals surface area contributed by atoms with Crippen molar-refractivity contribution >= 4 is 45.1 Å². The van der Waals surface area contributed by atoms with E-state index in [0.717, 1.165) is 50.1 Å². The molecule has 0 radical (unpaired) electrons. The van der Waals surface area contributed by atoms with Crippen molar-refractivity contribution in [1.82, 2.24) is 14.5 Å². The van der Waals surface area contributed by atoms with Crippen molar-refractivity contribution in [2.45, 2.75) is 12.8 Å². The van der Waals surface area contributed by atoms with Gasteiger partial charge in [0.1, 0.15) is 5.82 Å². The molecule has 2 aromatic carbocycles. The number of nitrogens with one attached hydrogen (secondary N) is 1. The van der Waals surface area contributed by atoms with Gasteiger partial charge in [-0.3, -0.25) is 14.5 Å². The molecule has 170 valence electrons. The number of carbonyl (C=O) groups is 2. The SMILES string of the molecule is CC(=O)N1CC2=C(C1=O)[C@H](c1cc3ccccc3nc1N(C)C)c1cn(C)c3cccc(c13)N2. The first-order valence-corrected chi connectivity index (χ1v) is 11.3. The molecule has 1 atom stereocenters. The molecule has 0 saturated carbocycles. The summed E-state index contributed by atoms with van der Waals surface area (Å²) in [5.41, 5.74) is 6.29. The summed E-state index contributed by atoms with van der Waals surface area (Å²) in [6, 6.07) is 16.3. The zero-order valence-corrected chi connectivity index (χ0v) is 19.6. The van der Waals surface area contributed by atoms with Gasteiger partial charge in [0.15, 0.2) is 0 Å². The number of para-hydroxylation sites is 1. The van der Waals surface area contributed by atoms with E-state index in [0.29, 0.717) is 5.57 Å². The van der Waals surface area contributed by atoms with Crippen LogP contribution in [0.4, 0.5) is 11.5 Å². The van der Waals surface area contributed by atoms with Gasteiger partial charge in [0.2, 0.25) is 5.91 Å². The lowest BCUT2D eigenvalue weighted by molar-refractivity contribution is -0.139. The smallest absolute Gasteiger partial charge is 0.259 e. The molecule has 0 fully saturated rings. The van der Waals surface area contributed by atoms with Crippen LogP contribution in [0, 0.1) is 0 Å². The van der Waals surface area contributed by atoms with Gasteiger partial charge < -0.3 is 14.8 Å². The van der Waals surface area contributed by atoms with Crippen molar-refractivity contribution in [1.29, 1.82) is 0 Å². The van der Waals surface area contributed by atoms with Gasteiger partial charge in [0.05, 0.1) is 23.2 Å². The first kappa shape index (κ1) is 20.5. The van der Waals surface area contributed by atoms with E-state index < -0.39 is 0 Å². The van der Waals surface area contributed by atoms with Gasteiger partial charge >= 0.3 is 0 Å². The van der Waals surface area contributed by atoms with Crippen LogP contribution in [0.3, 0.4) is 0 Å². The highest BCUT2D eigenvalue weighted by molar-refractivity contribution is 6.11. The molecule has 7 nitrogen and oxygen atoms in total. The summed E-state index contributed by atoms with van der Waals surface area (Å²) in [4.78, 5) is 34.4. The lowest BCUT2D eigenvalue weighted by atomic mass is 9.84. The van der Waals surface area contributed by atoms with Gasteiger partial charge in [0.25, 0.3) is 5.91 Å². The fourth-order valence-corrected chi connectivity index (χ4v) is 5.39. The maximum atomic E-state index is 13.7. The maximum absolute atomic E-state index is 13.7. The number of amides is 2. The summed E-state index contributed by atoms with van der Waals surface area (Å²) >= 11 is 0. The van der Waals surface area contributed by atoms with Crippen LogP contribution in [-0.2, 0) is 16.6 Å². The Bertz CT molecular complexity index is 1560. The number of hydrogen-bond acceptors (Lipinski definition) is 5. The molecule has 4 aromatic rings. The lowest BCUT2D eigenvalue weighted by Gasteiger charge is -2.25. The van der Waals surface area contributed by atoms with Crippen LogP contribution in [0.2, 0.25) is 0 Å². The van der Waals surface area contributed by atoms with Crippen molar-refractivity contribution in [3.05, 3.63) is 77.1 Å². The summed E-state index contributed by atoms with van der Waals surface area (Å²) in [6.07, 6.45) is 2.11. The third-order valence-electron chi connectivity index (χ3n) is 6.89. The molecule has 6 rings (SSSR count). The molecule has 2 aliphatic rings. The molecule has 0 spiro atoms. The minimum atomic E-state index is -0.374. The number of anilines is 2. The quantitative estimate of drug-likeness (QED) is 0.499. The van der Waals surface area contributed by atoms with E-state index in [-0.39, 0.29) is 24.3 Å². The topological polar surface area (TPSA) is 70.5 Å². The van der Waals surface area contributed by atoms with Crippen molar-refractivity contribution in [3.8, 4) is 0 Å². The summed E-state index contributed by atoms with van der Waals surface area (Å²) in [5, 5.41) is 5.62. The number of rotatable bonds is 2. The number of aromatic nitrogens is 2. The monoisotopic (exact) mass is 451 g/mol. The van der Waals surface area contributed by atoms with Crippen LogP contribution in [-0.4, -0.2) is 46.9 Å². The van der Waals surface area contributed by atoms with Crippen molar-refractivity contribution in [2.24, 2.45) is 7.05 Å². The molecular weight excluding hydrogens is 426 g/mol. The summed E-state index contributed by atoms with van der Waals surface area (Å²) in [7, 11) is 5.96. The Balaban J connectivity index is 1.71. The summed E-state index contributed by atoms with van der Waals surface area (Å²) < 4.78 is 2.10. The summed E-state index contributed by atoms with van der Waals surface area (Å²) in [5.74, 6) is -0.0699. The van der Waals surface area contributed by atoms with E-state index >= 15 is 0 Å². The van der Waals surface area contributed by atoms with Gasteiger partial charge in [-0.25, -0.2) is 4.98 Å². The van der Waals surface area contributed by atoms with Crippen LogP contribution in [0.5, 0.6) is 0 Å². The van der Waals surface area contributed by atoms with Gasteiger partial charge in [0, 0.05) is 67.9 Å². The van der Waals surface area contributed by atoms with Gasteiger partial charge in [-0.1, -0.05) is 24.3 Å². The Hall–Kier alpha value is -4.13. The molecule has 2 amide bonds. The Labute approximate surface area is 197 Å². The first-order valence-electron chi connectivity index (χ1n) is 11.3. The Morgan fingerprint density at radius 1 is 1.12 bits per heavy atom.